The van der Waals surface area contributed by atoms with Crippen LogP contribution in [0.4, 0.5) is 6.01 Å². The van der Waals surface area contributed by atoms with Crippen LogP contribution >= 0.6 is 0 Å². The van der Waals surface area contributed by atoms with E-state index in [0.717, 1.165) is 5.39 Å². The van der Waals surface area contributed by atoms with Gasteiger partial charge in [-0.1, -0.05) is 23.3 Å². The number of aryl methyl sites for hydroxylation is 1. The van der Waals surface area contributed by atoms with E-state index >= 15 is 0 Å². The number of aromatic nitrogens is 4. The van der Waals surface area contributed by atoms with Gasteiger partial charge in [-0.05, 0) is 18.2 Å². The van der Waals surface area contributed by atoms with Crippen molar-refractivity contribution in [2.45, 2.75) is 0 Å². The van der Waals surface area contributed by atoms with E-state index in [2.05, 4.69) is 20.6 Å². The van der Waals surface area contributed by atoms with E-state index in [-0.39, 0.29) is 17.7 Å². The number of carbonyl (C=O) groups excluding carboxylic acids is 1. The van der Waals surface area contributed by atoms with Crippen LogP contribution in [-0.2, 0) is 7.05 Å². The first-order chi connectivity index (χ1) is 11.2. The van der Waals surface area contributed by atoms with Crippen LogP contribution in [0.5, 0.6) is 0 Å². The lowest BCUT2D eigenvalue weighted by atomic mass is 10.2. The van der Waals surface area contributed by atoms with E-state index < -0.39 is 5.91 Å². The molecule has 0 saturated carbocycles. The molecule has 114 valence electrons. The predicted octanol–water partition coefficient (Wildman–Crippen LogP) is 2.47. The summed E-state index contributed by atoms with van der Waals surface area (Å²) in [7, 11) is 1.78. The molecular formula is C15H11N5O3. The summed E-state index contributed by atoms with van der Waals surface area (Å²) in [6.45, 7) is 0. The maximum atomic E-state index is 12.2. The van der Waals surface area contributed by atoms with E-state index in [4.69, 9.17) is 8.83 Å². The molecule has 4 aromatic rings. The van der Waals surface area contributed by atoms with E-state index in [1.165, 1.54) is 0 Å². The van der Waals surface area contributed by atoms with Crippen LogP contribution < -0.4 is 5.32 Å². The summed E-state index contributed by atoms with van der Waals surface area (Å²) in [5.41, 5.74) is 1.17. The molecular weight excluding hydrogens is 298 g/mol. The molecule has 0 radical (unpaired) electrons. The van der Waals surface area contributed by atoms with Crippen molar-refractivity contribution in [1.29, 1.82) is 0 Å². The molecule has 1 aromatic carbocycles. The first kappa shape index (κ1) is 13.3. The van der Waals surface area contributed by atoms with Gasteiger partial charge in [0.2, 0.25) is 0 Å². The van der Waals surface area contributed by atoms with Crippen molar-refractivity contribution >= 4 is 22.9 Å². The van der Waals surface area contributed by atoms with E-state index in [0.29, 0.717) is 11.3 Å². The van der Waals surface area contributed by atoms with E-state index in [1.807, 2.05) is 18.2 Å². The number of para-hydroxylation sites is 1. The molecule has 1 amide bonds. The standard InChI is InChI=1S/C15H11N5O3/c1-20-7-6-10(19-20)14-17-18-15(23-14)16-13(21)12-8-9-4-2-3-5-11(9)22-12/h2-8H,1H3,(H,16,18,21). The topological polar surface area (TPSA) is 99.0 Å². The third-order valence-electron chi connectivity index (χ3n) is 3.23. The van der Waals surface area contributed by atoms with Gasteiger partial charge in [-0.15, -0.1) is 5.10 Å². The zero-order valence-corrected chi connectivity index (χ0v) is 12.1. The number of anilines is 1. The van der Waals surface area contributed by atoms with Crippen molar-refractivity contribution in [3.8, 4) is 11.6 Å². The largest absolute Gasteiger partial charge is 0.451 e. The van der Waals surface area contributed by atoms with Crippen LogP contribution in [0.25, 0.3) is 22.6 Å². The second kappa shape index (κ2) is 5.09. The maximum Gasteiger partial charge on any atom is 0.322 e. The molecule has 0 aliphatic heterocycles. The normalized spacial score (nSPS) is 11.0. The average molecular weight is 309 g/mol. The summed E-state index contributed by atoms with van der Waals surface area (Å²) < 4.78 is 12.5. The highest BCUT2D eigenvalue weighted by molar-refractivity contribution is 6.03. The molecule has 0 atom stereocenters. The summed E-state index contributed by atoms with van der Waals surface area (Å²) in [5.74, 6) is -0.0632. The molecule has 8 nitrogen and oxygen atoms in total. The number of amides is 1. The molecule has 1 N–H and O–H groups in total. The van der Waals surface area contributed by atoms with Crippen molar-refractivity contribution in [1.82, 2.24) is 20.0 Å². The first-order valence-corrected chi connectivity index (χ1v) is 6.82. The van der Waals surface area contributed by atoms with Gasteiger partial charge in [0.05, 0.1) is 0 Å². The van der Waals surface area contributed by atoms with Crippen molar-refractivity contribution in [2.24, 2.45) is 7.05 Å². The summed E-state index contributed by atoms with van der Waals surface area (Å²) >= 11 is 0. The SMILES string of the molecule is Cn1ccc(-c2nnc(NC(=O)c3cc4ccccc4o3)o2)n1. The number of fused-ring (bicyclic) bond motifs is 1. The van der Waals surface area contributed by atoms with Gasteiger partial charge in [0.1, 0.15) is 11.3 Å². The van der Waals surface area contributed by atoms with Crippen molar-refractivity contribution in [3.05, 3.63) is 48.4 Å². The Hall–Kier alpha value is -3.42. The zero-order valence-electron chi connectivity index (χ0n) is 12.1. The Balaban J connectivity index is 1.55. The highest BCUT2D eigenvalue weighted by Gasteiger charge is 2.17. The van der Waals surface area contributed by atoms with Crippen molar-refractivity contribution < 1.29 is 13.6 Å². The number of rotatable bonds is 3. The molecule has 8 heteroatoms. The Morgan fingerprint density at radius 3 is 2.83 bits per heavy atom. The Bertz CT molecular complexity index is 964. The third-order valence-corrected chi connectivity index (χ3v) is 3.23. The molecule has 0 spiro atoms. The molecule has 0 saturated heterocycles. The Labute approximate surface area is 129 Å². The maximum absolute atomic E-state index is 12.2. The lowest BCUT2D eigenvalue weighted by molar-refractivity contribution is 0.0996. The summed E-state index contributed by atoms with van der Waals surface area (Å²) in [6.07, 6.45) is 1.76. The quantitative estimate of drug-likeness (QED) is 0.624. The molecule has 3 heterocycles. The number of nitrogens with zero attached hydrogens (tertiary/aromatic N) is 4. The monoisotopic (exact) mass is 309 g/mol. The number of furan rings is 1. The summed E-state index contributed by atoms with van der Waals surface area (Å²) in [5, 5.41) is 15.1. The van der Waals surface area contributed by atoms with Gasteiger partial charge in [0.25, 0.3) is 11.8 Å². The smallest absolute Gasteiger partial charge is 0.322 e. The van der Waals surface area contributed by atoms with Gasteiger partial charge in [0, 0.05) is 18.6 Å². The predicted molar refractivity (Wildman–Crippen MR) is 80.7 cm³/mol. The van der Waals surface area contributed by atoms with Gasteiger partial charge >= 0.3 is 6.01 Å². The highest BCUT2D eigenvalue weighted by Crippen LogP contribution is 2.21. The van der Waals surface area contributed by atoms with Crippen LogP contribution in [-0.4, -0.2) is 25.9 Å². The van der Waals surface area contributed by atoms with Crippen LogP contribution in [0, 0.1) is 0 Å². The highest BCUT2D eigenvalue weighted by atomic mass is 16.4. The number of hydrogen-bond donors (Lipinski definition) is 1. The lowest BCUT2D eigenvalue weighted by Gasteiger charge is -1.95. The Morgan fingerprint density at radius 1 is 1.17 bits per heavy atom. The number of nitrogens with one attached hydrogen (secondary N) is 1. The molecule has 3 aromatic heterocycles. The van der Waals surface area contributed by atoms with Crippen LogP contribution in [0.2, 0.25) is 0 Å². The summed E-state index contributed by atoms with van der Waals surface area (Å²) in [6, 6.07) is 10.7. The van der Waals surface area contributed by atoms with Gasteiger partial charge in [-0.3, -0.25) is 14.8 Å². The zero-order chi connectivity index (χ0) is 15.8. The molecule has 0 fully saturated rings. The third kappa shape index (κ3) is 2.46. The van der Waals surface area contributed by atoms with Crippen LogP contribution in [0.1, 0.15) is 10.6 Å². The molecule has 0 bridgehead atoms. The Morgan fingerprint density at radius 2 is 2.04 bits per heavy atom. The molecule has 0 unspecified atom stereocenters. The Kier molecular flexibility index (Phi) is 2.94. The van der Waals surface area contributed by atoms with Crippen molar-refractivity contribution in [3.63, 3.8) is 0 Å². The van der Waals surface area contributed by atoms with Crippen molar-refractivity contribution in [2.75, 3.05) is 5.32 Å². The molecule has 0 aliphatic carbocycles. The number of benzene rings is 1. The number of carbonyl (C=O) groups is 1. The fourth-order valence-corrected chi connectivity index (χ4v) is 2.16. The van der Waals surface area contributed by atoms with E-state index in [1.54, 1.807) is 36.1 Å². The fraction of sp³-hybridized carbons (Fsp3) is 0.0667. The van der Waals surface area contributed by atoms with E-state index in [9.17, 15) is 4.79 Å². The minimum atomic E-state index is -0.461. The molecule has 4 rings (SSSR count). The molecule has 0 aliphatic rings. The second-order valence-corrected chi connectivity index (χ2v) is 4.89. The van der Waals surface area contributed by atoms with Gasteiger partial charge < -0.3 is 8.83 Å². The van der Waals surface area contributed by atoms with Gasteiger partial charge in [-0.25, -0.2) is 0 Å². The minimum Gasteiger partial charge on any atom is -0.451 e. The molecule has 23 heavy (non-hydrogen) atoms. The number of hydrogen-bond acceptors (Lipinski definition) is 6. The summed E-state index contributed by atoms with van der Waals surface area (Å²) in [4.78, 5) is 12.2. The second-order valence-electron chi connectivity index (χ2n) is 4.89. The van der Waals surface area contributed by atoms with Crippen LogP contribution in [0.15, 0.2) is 51.4 Å². The van der Waals surface area contributed by atoms with Crippen LogP contribution in [0.3, 0.4) is 0 Å². The minimum absolute atomic E-state index is 0.0175. The lowest BCUT2D eigenvalue weighted by Crippen LogP contribution is -2.10. The van der Waals surface area contributed by atoms with Gasteiger partial charge in [0.15, 0.2) is 5.76 Å². The fourth-order valence-electron chi connectivity index (χ4n) is 2.16. The first-order valence-electron chi connectivity index (χ1n) is 6.82. The average Bonchev–Trinajstić information content (AvgIpc) is 3.25. The van der Waals surface area contributed by atoms with Gasteiger partial charge in [-0.2, -0.15) is 5.10 Å².